The third-order valence-electron chi connectivity index (χ3n) is 2.30. The summed E-state index contributed by atoms with van der Waals surface area (Å²) in [7, 11) is 0. The van der Waals surface area contributed by atoms with Gasteiger partial charge in [-0.2, -0.15) is 12.6 Å². The molecule has 0 spiro atoms. The van der Waals surface area contributed by atoms with Gasteiger partial charge in [-0.25, -0.2) is 9.18 Å². The summed E-state index contributed by atoms with van der Waals surface area (Å²) in [5.74, 6) is 0.430. The van der Waals surface area contributed by atoms with Crippen molar-refractivity contribution >= 4 is 24.4 Å². The summed E-state index contributed by atoms with van der Waals surface area (Å²) in [6, 6.07) is 4.49. The Labute approximate surface area is 118 Å². The zero-order valence-corrected chi connectivity index (χ0v) is 12.4. The number of anilines is 1. The molecule has 0 saturated carbocycles. The largest absolute Gasteiger partial charge is 0.444 e. The van der Waals surface area contributed by atoms with Crippen molar-refractivity contribution in [1.29, 1.82) is 0 Å². The van der Waals surface area contributed by atoms with E-state index >= 15 is 0 Å². The molecule has 0 heterocycles. The first-order valence-corrected chi connectivity index (χ1v) is 6.84. The van der Waals surface area contributed by atoms with Crippen LogP contribution in [-0.2, 0) is 11.2 Å². The fraction of sp³-hybridized carbons (Fsp3) is 0.500. The summed E-state index contributed by atoms with van der Waals surface area (Å²) in [4.78, 5) is 11.6. The van der Waals surface area contributed by atoms with Crippen molar-refractivity contribution in [3.8, 4) is 0 Å². The molecule has 0 saturated heterocycles. The highest BCUT2D eigenvalue weighted by Gasteiger charge is 2.16. The van der Waals surface area contributed by atoms with E-state index in [9.17, 15) is 9.18 Å². The number of thiol groups is 1. The summed E-state index contributed by atoms with van der Waals surface area (Å²) >= 11 is 4.10. The molecule has 0 unspecified atom stereocenters. The highest BCUT2D eigenvalue weighted by molar-refractivity contribution is 7.80. The number of hydrogen-bond acceptors (Lipinski definition) is 3. The lowest BCUT2D eigenvalue weighted by Crippen LogP contribution is -2.27. The number of ether oxygens (including phenoxy) is 1. The number of aryl methyl sites for hydroxylation is 1. The highest BCUT2D eigenvalue weighted by Crippen LogP contribution is 2.18. The molecule has 0 aliphatic heterocycles. The standard InChI is InChI=1S/C14H20FNO2S/c1-14(2,3)18-13(17)16-11-6-7-12(15)10(9-11)5-4-8-19/h6-7,9,19H,4-5,8H2,1-3H3,(H,16,17). The number of benzene rings is 1. The number of carbonyl (C=O) groups excluding carboxylic acids is 1. The second kappa shape index (κ2) is 6.80. The van der Waals surface area contributed by atoms with Gasteiger partial charge in [0.15, 0.2) is 0 Å². The monoisotopic (exact) mass is 285 g/mol. The summed E-state index contributed by atoms with van der Waals surface area (Å²) in [6.45, 7) is 5.36. The molecule has 1 aromatic rings. The molecule has 0 aromatic heterocycles. The lowest BCUT2D eigenvalue weighted by Gasteiger charge is -2.19. The van der Waals surface area contributed by atoms with Crippen LogP contribution in [0.4, 0.5) is 14.9 Å². The van der Waals surface area contributed by atoms with E-state index < -0.39 is 11.7 Å². The molecule has 0 bridgehead atoms. The lowest BCUT2D eigenvalue weighted by molar-refractivity contribution is 0.0636. The Morgan fingerprint density at radius 1 is 1.42 bits per heavy atom. The van der Waals surface area contributed by atoms with Crippen molar-refractivity contribution in [2.24, 2.45) is 0 Å². The van der Waals surface area contributed by atoms with Crippen molar-refractivity contribution in [3.63, 3.8) is 0 Å². The maximum Gasteiger partial charge on any atom is 0.412 e. The van der Waals surface area contributed by atoms with Gasteiger partial charge in [0.1, 0.15) is 11.4 Å². The fourth-order valence-electron chi connectivity index (χ4n) is 1.54. The lowest BCUT2D eigenvalue weighted by atomic mass is 10.1. The zero-order chi connectivity index (χ0) is 14.5. The third-order valence-corrected chi connectivity index (χ3v) is 2.61. The number of hydrogen-bond donors (Lipinski definition) is 2. The average Bonchev–Trinajstić information content (AvgIpc) is 2.27. The smallest absolute Gasteiger partial charge is 0.412 e. The van der Waals surface area contributed by atoms with Gasteiger partial charge in [0.25, 0.3) is 0 Å². The quantitative estimate of drug-likeness (QED) is 0.820. The molecule has 0 aliphatic carbocycles. The zero-order valence-electron chi connectivity index (χ0n) is 11.5. The van der Waals surface area contributed by atoms with Crippen LogP contribution in [0.2, 0.25) is 0 Å². The summed E-state index contributed by atoms with van der Waals surface area (Å²) < 4.78 is 18.7. The van der Waals surface area contributed by atoms with Crippen LogP contribution in [0.1, 0.15) is 32.8 Å². The molecular weight excluding hydrogens is 265 g/mol. The predicted octanol–water partition coefficient (Wildman–Crippen LogP) is 4.04. The van der Waals surface area contributed by atoms with Gasteiger partial charge in [-0.3, -0.25) is 5.32 Å². The summed E-state index contributed by atoms with van der Waals surface area (Å²) in [5.41, 5.74) is 0.548. The van der Waals surface area contributed by atoms with Crippen LogP contribution < -0.4 is 5.32 Å². The number of carbonyl (C=O) groups is 1. The van der Waals surface area contributed by atoms with Gasteiger partial charge in [0.05, 0.1) is 0 Å². The van der Waals surface area contributed by atoms with Crippen LogP contribution in [0.5, 0.6) is 0 Å². The normalized spacial score (nSPS) is 11.2. The van der Waals surface area contributed by atoms with E-state index in [1.54, 1.807) is 26.8 Å². The SMILES string of the molecule is CC(C)(C)OC(=O)Nc1ccc(F)c(CCCS)c1. The maximum atomic E-state index is 13.5. The molecule has 106 valence electrons. The number of halogens is 1. The molecule has 1 amide bonds. The molecule has 0 aliphatic rings. The molecule has 1 rings (SSSR count). The third kappa shape index (κ3) is 5.96. The Bertz CT molecular complexity index is 444. The highest BCUT2D eigenvalue weighted by atomic mass is 32.1. The van der Waals surface area contributed by atoms with Crippen molar-refractivity contribution in [2.45, 2.75) is 39.2 Å². The van der Waals surface area contributed by atoms with Crippen LogP contribution in [-0.4, -0.2) is 17.4 Å². The van der Waals surface area contributed by atoms with E-state index in [-0.39, 0.29) is 5.82 Å². The van der Waals surface area contributed by atoms with Gasteiger partial charge in [0, 0.05) is 5.69 Å². The minimum atomic E-state index is -0.557. The first-order valence-electron chi connectivity index (χ1n) is 6.21. The first kappa shape index (κ1) is 15.8. The Kier molecular flexibility index (Phi) is 5.66. The van der Waals surface area contributed by atoms with Crippen LogP contribution in [0.25, 0.3) is 0 Å². The van der Waals surface area contributed by atoms with E-state index in [1.165, 1.54) is 12.1 Å². The van der Waals surface area contributed by atoms with Gasteiger partial charge in [-0.1, -0.05) is 0 Å². The molecular formula is C14H20FNO2S. The van der Waals surface area contributed by atoms with Gasteiger partial charge < -0.3 is 4.74 Å². The molecule has 3 nitrogen and oxygen atoms in total. The summed E-state index contributed by atoms with van der Waals surface area (Å²) in [5, 5.41) is 2.60. The predicted molar refractivity (Wildman–Crippen MR) is 78.4 cm³/mol. The summed E-state index contributed by atoms with van der Waals surface area (Å²) in [6.07, 6.45) is 0.842. The minimum absolute atomic E-state index is 0.267. The Hall–Kier alpha value is -1.23. The number of rotatable bonds is 4. The Morgan fingerprint density at radius 3 is 2.68 bits per heavy atom. The second-order valence-corrected chi connectivity index (χ2v) is 5.71. The van der Waals surface area contributed by atoms with Gasteiger partial charge >= 0.3 is 6.09 Å². The van der Waals surface area contributed by atoms with E-state index in [2.05, 4.69) is 17.9 Å². The van der Waals surface area contributed by atoms with Crippen LogP contribution in [0.3, 0.4) is 0 Å². The van der Waals surface area contributed by atoms with Crippen LogP contribution >= 0.6 is 12.6 Å². The molecule has 1 N–H and O–H groups in total. The number of amides is 1. The molecule has 19 heavy (non-hydrogen) atoms. The van der Waals surface area contributed by atoms with E-state index in [4.69, 9.17) is 4.74 Å². The van der Waals surface area contributed by atoms with E-state index in [0.29, 0.717) is 23.4 Å². The van der Waals surface area contributed by atoms with Crippen LogP contribution in [0.15, 0.2) is 18.2 Å². The second-order valence-electron chi connectivity index (χ2n) is 5.26. The van der Waals surface area contributed by atoms with Crippen LogP contribution in [0, 0.1) is 5.82 Å². The van der Waals surface area contributed by atoms with Crippen molar-refractivity contribution < 1.29 is 13.9 Å². The Balaban J connectivity index is 2.71. The van der Waals surface area contributed by atoms with Crippen molar-refractivity contribution in [1.82, 2.24) is 0 Å². The van der Waals surface area contributed by atoms with Crippen molar-refractivity contribution in [3.05, 3.63) is 29.6 Å². The average molecular weight is 285 g/mol. The molecule has 0 atom stereocenters. The van der Waals surface area contributed by atoms with Gasteiger partial charge in [-0.15, -0.1) is 0 Å². The minimum Gasteiger partial charge on any atom is -0.444 e. The topological polar surface area (TPSA) is 38.3 Å². The first-order chi connectivity index (χ1) is 8.81. The van der Waals surface area contributed by atoms with Crippen molar-refractivity contribution in [2.75, 3.05) is 11.1 Å². The van der Waals surface area contributed by atoms with E-state index in [0.717, 1.165) is 6.42 Å². The molecule has 5 heteroatoms. The molecule has 0 radical (unpaired) electrons. The Morgan fingerprint density at radius 2 is 2.11 bits per heavy atom. The molecule has 0 fully saturated rings. The van der Waals surface area contributed by atoms with Gasteiger partial charge in [0.2, 0.25) is 0 Å². The van der Waals surface area contributed by atoms with E-state index in [1.807, 2.05) is 0 Å². The number of nitrogens with one attached hydrogen (secondary N) is 1. The van der Waals surface area contributed by atoms with Gasteiger partial charge in [-0.05, 0) is 63.1 Å². The fourth-order valence-corrected chi connectivity index (χ4v) is 1.69. The maximum absolute atomic E-state index is 13.5. The molecule has 1 aromatic carbocycles.